The van der Waals surface area contributed by atoms with Crippen molar-refractivity contribution < 1.29 is 5.11 Å². The quantitative estimate of drug-likeness (QED) is 0.848. The summed E-state index contributed by atoms with van der Waals surface area (Å²) in [5.41, 5.74) is 0.869. The summed E-state index contributed by atoms with van der Waals surface area (Å²) in [4.78, 5) is 0. The lowest BCUT2D eigenvalue weighted by Crippen LogP contribution is -2.32. The van der Waals surface area contributed by atoms with E-state index in [-0.39, 0.29) is 12.1 Å². The maximum atomic E-state index is 9.00. The van der Waals surface area contributed by atoms with Gasteiger partial charge in [-0.25, -0.2) is 0 Å². The van der Waals surface area contributed by atoms with Crippen molar-refractivity contribution in [3.05, 3.63) is 28.8 Å². The number of nitrogens with one attached hydrogen (secondary N) is 1. The first kappa shape index (κ1) is 12.8. The van der Waals surface area contributed by atoms with Crippen LogP contribution in [0.3, 0.4) is 0 Å². The van der Waals surface area contributed by atoms with Crippen LogP contribution in [0, 0.1) is 11.3 Å². The Bertz CT molecular complexity index is 410. The molecule has 3 nitrogen and oxygen atoms in total. The van der Waals surface area contributed by atoms with Gasteiger partial charge >= 0.3 is 0 Å². The van der Waals surface area contributed by atoms with E-state index in [1.165, 1.54) is 0 Å². The lowest BCUT2D eigenvalue weighted by atomic mass is 10.00. The maximum Gasteiger partial charge on any atom is 0.103 e. The van der Waals surface area contributed by atoms with Crippen LogP contribution in [-0.2, 0) is 0 Å². The van der Waals surface area contributed by atoms with E-state index in [1.807, 2.05) is 19.9 Å². The van der Waals surface area contributed by atoms with Gasteiger partial charge in [-0.15, -0.1) is 0 Å². The van der Waals surface area contributed by atoms with Crippen LogP contribution >= 0.6 is 11.6 Å². The first-order valence-electron chi connectivity index (χ1n) is 5.08. The number of rotatable bonds is 4. The van der Waals surface area contributed by atoms with Gasteiger partial charge in [-0.05, 0) is 32.4 Å². The molecule has 16 heavy (non-hydrogen) atoms. The molecule has 0 aliphatic carbocycles. The summed E-state index contributed by atoms with van der Waals surface area (Å²) in [5, 5.41) is 21.6. The molecule has 4 heteroatoms. The third-order valence-corrected chi connectivity index (χ3v) is 2.65. The second kappa shape index (κ2) is 5.20. The molecule has 0 aromatic heterocycles. The minimum absolute atomic E-state index is 0.0997. The Morgan fingerprint density at radius 1 is 1.50 bits per heavy atom. The predicted octanol–water partition coefficient (Wildman–Crippen LogP) is 2.78. The minimum Gasteiger partial charge on any atom is -0.396 e. The van der Waals surface area contributed by atoms with E-state index in [9.17, 15) is 0 Å². The normalized spacial score (nSPS) is 10.9. The van der Waals surface area contributed by atoms with Gasteiger partial charge in [0.05, 0.1) is 16.3 Å². The monoisotopic (exact) mass is 238 g/mol. The smallest absolute Gasteiger partial charge is 0.103 e. The van der Waals surface area contributed by atoms with Crippen molar-refractivity contribution >= 4 is 17.3 Å². The number of anilines is 1. The van der Waals surface area contributed by atoms with Crippen LogP contribution in [-0.4, -0.2) is 17.3 Å². The summed E-state index contributed by atoms with van der Waals surface area (Å²) < 4.78 is 0. The van der Waals surface area contributed by atoms with Gasteiger partial charge in [-0.1, -0.05) is 17.7 Å². The van der Waals surface area contributed by atoms with E-state index in [2.05, 4.69) is 11.4 Å². The number of aliphatic hydroxyl groups excluding tert-OH is 1. The molecule has 0 atom stereocenters. The molecular weight excluding hydrogens is 224 g/mol. The fourth-order valence-corrected chi connectivity index (χ4v) is 1.67. The van der Waals surface area contributed by atoms with E-state index in [0.29, 0.717) is 22.7 Å². The number of hydrogen-bond donors (Lipinski definition) is 2. The molecule has 86 valence electrons. The Morgan fingerprint density at radius 3 is 2.75 bits per heavy atom. The highest BCUT2D eigenvalue weighted by Crippen LogP contribution is 2.26. The molecule has 0 heterocycles. The highest BCUT2D eigenvalue weighted by Gasteiger charge is 2.18. The summed E-state index contributed by atoms with van der Waals surface area (Å²) >= 11 is 5.92. The Balaban J connectivity index is 2.98. The van der Waals surface area contributed by atoms with E-state index < -0.39 is 0 Å². The fourth-order valence-electron chi connectivity index (χ4n) is 1.45. The summed E-state index contributed by atoms with van der Waals surface area (Å²) in [6, 6.07) is 7.36. The topological polar surface area (TPSA) is 56.0 Å². The van der Waals surface area contributed by atoms with Crippen molar-refractivity contribution in [1.29, 1.82) is 5.26 Å². The summed E-state index contributed by atoms with van der Waals surface area (Å²) in [7, 11) is 0. The average molecular weight is 239 g/mol. The summed E-state index contributed by atoms with van der Waals surface area (Å²) in [5.74, 6) is 0. The molecule has 0 fully saturated rings. The molecule has 0 saturated heterocycles. The molecule has 0 radical (unpaired) electrons. The lowest BCUT2D eigenvalue weighted by Gasteiger charge is -2.27. The molecule has 0 aliphatic heterocycles. The molecule has 1 aromatic carbocycles. The first-order chi connectivity index (χ1) is 7.50. The van der Waals surface area contributed by atoms with Gasteiger partial charge in [0.25, 0.3) is 0 Å². The molecule has 0 spiro atoms. The zero-order chi connectivity index (χ0) is 12.2. The van der Waals surface area contributed by atoms with Gasteiger partial charge < -0.3 is 10.4 Å². The molecular formula is C12H15ClN2O. The molecule has 1 rings (SSSR count). The Labute approximate surface area is 101 Å². The molecule has 0 saturated carbocycles. The SMILES string of the molecule is CC(C)(CCO)Nc1cccc(Cl)c1C#N. The van der Waals surface area contributed by atoms with Gasteiger partial charge in [0.15, 0.2) is 0 Å². The highest BCUT2D eigenvalue weighted by molar-refractivity contribution is 6.32. The van der Waals surface area contributed by atoms with Crippen molar-refractivity contribution in [2.45, 2.75) is 25.8 Å². The van der Waals surface area contributed by atoms with Gasteiger partial charge in [0.1, 0.15) is 6.07 Å². The third kappa shape index (κ3) is 3.13. The van der Waals surface area contributed by atoms with Crippen molar-refractivity contribution in [2.75, 3.05) is 11.9 Å². The zero-order valence-electron chi connectivity index (χ0n) is 9.42. The summed E-state index contributed by atoms with van der Waals surface area (Å²) in [6.07, 6.45) is 0.602. The average Bonchev–Trinajstić information content (AvgIpc) is 2.17. The van der Waals surface area contributed by atoms with Gasteiger partial charge in [-0.2, -0.15) is 5.26 Å². The van der Waals surface area contributed by atoms with Crippen LogP contribution < -0.4 is 5.32 Å². The molecule has 0 bridgehead atoms. The third-order valence-electron chi connectivity index (χ3n) is 2.34. The van der Waals surface area contributed by atoms with Crippen LogP contribution in [0.15, 0.2) is 18.2 Å². The highest BCUT2D eigenvalue weighted by atomic mass is 35.5. The van der Waals surface area contributed by atoms with Gasteiger partial charge in [0, 0.05) is 12.1 Å². The first-order valence-corrected chi connectivity index (χ1v) is 5.45. The second-order valence-corrected chi connectivity index (χ2v) is 4.66. The van der Waals surface area contributed by atoms with Crippen LogP contribution in [0.1, 0.15) is 25.8 Å². The van der Waals surface area contributed by atoms with Crippen molar-refractivity contribution in [3.63, 3.8) is 0 Å². The Kier molecular flexibility index (Phi) is 4.17. The predicted molar refractivity (Wildman–Crippen MR) is 65.6 cm³/mol. The van der Waals surface area contributed by atoms with Crippen LogP contribution in [0.5, 0.6) is 0 Å². The van der Waals surface area contributed by atoms with Crippen molar-refractivity contribution in [3.8, 4) is 6.07 Å². The van der Waals surface area contributed by atoms with Crippen LogP contribution in [0.2, 0.25) is 5.02 Å². The number of aliphatic hydroxyl groups is 1. The van der Waals surface area contributed by atoms with Crippen LogP contribution in [0.4, 0.5) is 5.69 Å². The Hall–Kier alpha value is -1.24. The van der Waals surface area contributed by atoms with E-state index in [0.717, 1.165) is 0 Å². The summed E-state index contributed by atoms with van der Waals surface area (Å²) in [6.45, 7) is 4.03. The van der Waals surface area contributed by atoms with Crippen molar-refractivity contribution in [2.24, 2.45) is 0 Å². The number of benzene rings is 1. The number of hydrogen-bond acceptors (Lipinski definition) is 3. The lowest BCUT2D eigenvalue weighted by molar-refractivity contribution is 0.261. The van der Waals surface area contributed by atoms with Crippen LogP contribution in [0.25, 0.3) is 0 Å². The maximum absolute atomic E-state index is 9.00. The largest absolute Gasteiger partial charge is 0.396 e. The van der Waals surface area contributed by atoms with Gasteiger partial charge in [0.2, 0.25) is 0 Å². The molecule has 0 amide bonds. The molecule has 0 unspecified atom stereocenters. The zero-order valence-corrected chi connectivity index (χ0v) is 10.2. The molecule has 1 aromatic rings. The molecule has 2 N–H and O–H groups in total. The number of nitrogens with zero attached hydrogens (tertiary/aromatic N) is 1. The van der Waals surface area contributed by atoms with E-state index in [4.69, 9.17) is 22.0 Å². The number of nitriles is 1. The van der Waals surface area contributed by atoms with E-state index in [1.54, 1.807) is 12.1 Å². The van der Waals surface area contributed by atoms with E-state index >= 15 is 0 Å². The minimum atomic E-state index is -0.273. The second-order valence-electron chi connectivity index (χ2n) is 4.26. The van der Waals surface area contributed by atoms with Gasteiger partial charge in [-0.3, -0.25) is 0 Å². The number of halogens is 1. The fraction of sp³-hybridized carbons (Fsp3) is 0.417. The standard InChI is InChI=1S/C12H15ClN2O/c1-12(2,6-7-16)15-11-5-3-4-10(13)9(11)8-14/h3-5,15-16H,6-7H2,1-2H3. The van der Waals surface area contributed by atoms with Crippen molar-refractivity contribution in [1.82, 2.24) is 0 Å². The Morgan fingerprint density at radius 2 is 2.19 bits per heavy atom. The molecule has 0 aliphatic rings.